The first-order valence-corrected chi connectivity index (χ1v) is 8.04. The SMILES string of the molecule is O=C(O)C(CC(F)F)NC(=O)C1CCN(c2cc(Cl)ccc2Cl)C1=O. The van der Waals surface area contributed by atoms with Gasteiger partial charge in [-0.05, 0) is 24.6 Å². The van der Waals surface area contributed by atoms with E-state index in [1.165, 1.54) is 17.0 Å². The normalized spacial score (nSPS) is 18.5. The monoisotopic (exact) mass is 394 g/mol. The van der Waals surface area contributed by atoms with Gasteiger partial charge in [-0.3, -0.25) is 9.59 Å². The summed E-state index contributed by atoms with van der Waals surface area (Å²) in [6.07, 6.45) is -3.83. The van der Waals surface area contributed by atoms with Crippen molar-refractivity contribution >= 4 is 46.7 Å². The quantitative estimate of drug-likeness (QED) is 0.725. The number of rotatable bonds is 6. The van der Waals surface area contributed by atoms with Crippen LogP contribution in [0.15, 0.2) is 18.2 Å². The molecule has 0 aromatic heterocycles. The van der Waals surface area contributed by atoms with Crippen LogP contribution in [0, 0.1) is 5.92 Å². The second-order valence-corrected chi connectivity index (χ2v) is 6.30. The van der Waals surface area contributed by atoms with Gasteiger partial charge in [0.2, 0.25) is 18.2 Å². The van der Waals surface area contributed by atoms with Gasteiger partial charge in [-0.25, -0.2) is 13.6 Å². The van der Waals surface area contributed by atoms with Gasteiger partial charge in [-0.15, -0.1) is 0 Å². The molecule has 2 N–H and O–H groups in total. The number of carboxylic acids is 1. The molecule has 10 heteroatoms. The number of nitrogens with zero attached hydrogens (tertiary/aromatic N) is 1. The average molecular weight is 395 g/mol. The number of carbonyl (C=O) groups is 3. The maximum Gasteiger partial charge on any atom is 0.326 e. The smallest absolute Gasteiger partial charge is 0.326 e. The predicted molar refractivity (Wildman–Crippen MR) is 87.1 cm³/mol. The number of alkyl halides is 2. The number of hydrogen-bond donors (Lipinski definition) is 2. The highest BCUT2D eigenvalue weighted by atomic mass is 35.5. The lowest BCUT2D eigenvalue weighted by Gasteiger charge is -2.19. The van der Waals surface area contributed by atoms with Gasteiger partial charge in [-0.2, -0.15) is 0 Å². The molecule has 2 amide bonds. The number of carbonyl (C=O) groups excluding carboxylic acids is 2. The topological polar surface area (TPSA) is 86.7 Å². The number of nitrogens with one attached hydrogen (secondary N) is 1. The molecule has 0 aliphatic carbocycles. The van der Waals surface area contributed by atoms with Crippen LogP contribution in [0.2, 0.25) is 10.0 Å². The first-order chi connectivity index (χ1) is 11.7. The fraction of sp³-hybridized carbons (Fsp3) is 0.400. The molecule has 1 aromatic rings. The lowest BCUT2D eigenvalue weighted by Crippen LogP contribution is -2.46. The molecule has 6 nitrogen and oxygen atoms in total. The van der Waals surface area contributed by atoms with E-state index in [-0.39, 0.29) is 18.0 Å². The summed E-state index contributed by atoms with van der Waals surface area (Å²) in [6, 6.07) is 2.76. The zero-order valence-corrected chi connectivity index (χ0v) is 14.2. The molecular formula is C15H14Cl2F2N2O4. The minimum atomic E-state index is -2.90. The Balaban J connectivity index is 2.11. The summed E-state index contributed by atoms with van der Waals surface area (Å²) in [4.78, 5) is 36.8. The molecule has 136 valence electrons. The van der Waals surface area contributed by atoms with Crippen LogP contribution < -0.4 is 10.2 Å². The van der Waals surface area contributed by atoms with Crippen molar-refractivity contribution in [3.8, 4) is 0 Å². The maximum absolute atomic E-state index is 12.5. The van der Waals surface area contributed by atoms with E-state index < -0.39 is 42.6 Å². The molecule has 1 fully saturated rings. The minimum Gasteiger partial charge on any atom is -0.480 e. The van der Waals surface area contributed by atoms with Crippen molar-refractivity contribution in [3.05, 3.63) is 28.2 Å². The Labute approximate surface area is 151 Å². The van der Waals surface area contributed by atoms with Gasteiger partial charge in [0, 0.05) is 18.0 Å². The van der Waals surface area contributed by atoms with Crippen molar-refractivity contribution in [1.29, 1.82) is 0 Å². The first-order valence-electron chi connectivity index (χ1n) is 7.28. The van der Waals surface area contributed by atoms with E-state index in [9.17, 15) is 23.2 Å². The molecule has 2 unspecified atom stereocenters. The van der Waals surface area contributed by atoms with Crippen LogP contribution in [0.25, 0.3) is 0 Å². The number of anilines is 1. The van der Waals surface area contributed by atoms with Crippen LogP contribution in [0.1, 0.15) is 12.8 Å². The molecule has 0 radical (unpaired) electrons. The van der Waals surface area contributed by atoms with Gasteiger partial charge < -0.3 is 15.3 Å². The molecule has 25 heavy (non-hydrogen) atoms. The zero-order chi connectivity index (χ0) is 18.7. The highest BCUT2D eigenvalue weighted by Crippen LogP contribution is 2.33. The molecule has 2 atom stereocenters. The summed E-state index contributed by atoms with van der Waals surface area (Å²) in [6.45, 7) is 0.170. The average Bonchev–Trinajstić information content (AvgIpc) is 2.90. The molecule has 0 spiro atoms. The summed E-state index contributed by atoms with van der Waals surface area (Å²) in [5, 5.41) is 11.5. The van der Waals surface area contributed by atoms with Gasteiger partial charge >= 0.3 is 5.97 Å². The standard InChI is InChI=1S/C15H14Cl2F2N2O4/c16-7-1-2-9(17)11(5-7)21-4-3-8(14(21)23)13(22)20-10(15(24)25)6-12(18)19/h1-2,5,8,10,12H,3-4,6H2,(H,20,22)(H,24,25). The number of benzene rings is 1. The van der Waals surface area contributed by atoms with Gasteiger partial charge in [0.25, 0.3) is 0 Å². The van der Waals surface area contributed by atoms with Gasteiger partial charge in [0.15, 0.2) is 0 Å². The van der Waals surface area contributed by atoms with Gasteiger partial charge in [0.05, 0.1) is 10.7 Å². The molecule has 1 heterocycles. The van der Waals surface area contributed by atoms with E-state index in [1.54, 1.807) is 6.07 Å². The van der Waals surface area contributed by atoms with E-state index in [4.69, 9.17) is 28.3 Å². The predicted octanol–water partition coefficient (Wildman–Crippen LogP) is 2.57. The Hall–Kier alpha value is -1.93. The van der Waals surface area contributed by atoms with Crippen molar-refractivity contribution in [3.63, 3.8) is 0 Å². The third kappa shape index (κ3) is 4.58. The molecule has 1 aromatic carbocycles. The molecule has 2 rings (SSSR count). The van der Waals surface area contributed by atoms with Crippen LogP contribution in [-0.4, -0.2) is 41.9 Å². The highest BCUT2D eigenvalue weighted by Gasteiger charge is 2.39. The molecular weight excluding hydrogens is 381 g/mol. The Morgan fingerprint density at radius 3 is 2.64 bits per heavy atom. The lowest BCUT2D eigenvalue weighted by molar-refractivity contribution is -0.144. The Morgan fingerprint density at radius 2 is 2.04 bits per heavy atom. The number of hydrogen-bond acceptors (Lipinski definition) is 3. The van der Waals surface area contributed by atoms with E-state index in [2.05, 4.69) is 0 Å². The Morgan fingerprint density at radius 1 is 1.36 bits per heavy atom. The zero-order valence-electron chi connectivity index (χ0n) is 12.7. The van der Waals surface area contributed by atoms with Crippen LogP contribution >= 0.6 is 23.2 Å². The van der Waals surface area contributed by atoms with E-state index in [1.807, 2.05) is 5.32 Å². The largest absolute Gasteiger partial charge is 0.480 e. The second kappa shape index (κ2) is 7.97. The van der Waals surface area contributed by atoms with Crippen molar-refractivity contribution in [1.82, 2.24) is 5.32 Å². The van der Waals surface area contributed by atoms with E-state index >= 15 is 0 Å². The molecule has 0 saturated carbocycles. The molecule has 0 bridgehead atoms. The third-order valence-corrected chi connectivity index (χ3v) is 4.30. The summed E-state index contributed by atoms with van der Waals surface area (Å²) in [7, 11) is 0. The third-order valence-electron chi connectivity index (χ3n) is 3.75. The van der Waals surface area contributed by atoms with Crippen molar-refractivity contribution in [2.45, 2.75) is 25.3 Å². The Bertz CT molecular complexity index is 702. The van der Waals surface area contributed by atoms with Crippen LogP contribution in [0.3, 0.4) is 0 Å². The van der Waals surface area contributed by atoms with Crippen molar-refractivity contribution < 1.29 is 28.3 Å². The first kappa shape index (κ1) is 19.4. The highest BCUT2D eigenvalue weighted by molar-refractivity contribution is 6.36. The van der Waals surface area contributed by atoms with E-state index in [0.29, 0.717) is 10.7 Å². The van der Waals surface area contributed by atoms with Crippen LogP contribution in [-0.2, 0) is 14.4 Å². The summed E-state index contributed by atoms with van der Waals surface area (Å²) in [5.41, 5.74) is 0.330. The number of halogens is 4. The summed E-state index contributed by atoms with van der Waals surface area (Å²) in [5.74, 6) is -4.26. The summed E-state index contributed by atoms with van der Waals surface area (Å²) >= 11 is 11.9. The van der Waals surface area contributed by atoms with Gasteiger partial charge in [0.1, 0.15) is 12.0 Å². The number of carboxylic acid groups (broad SMARTS) is 1. The fourth-order valence-electron chi connectivity index (χ4n) is 2.53. The lowest BCUT2D eigenvalue weighted by atomic mass is 10.1. The van der Waals surface area contributed by atoms with Crippen molar-refractivity contribution in [2.24, 2.45) is 5.92 Å². The summed E-state index contributed by atoms with van der Waals surface area (Å²) < 4.78 is 24.8. The number of amides is 2. The van der Waals surface area contributed by atoms with Crippen molar-refractivity contribution in [2.75, 3.05) is 11.4 Å². The second-order valence-electron chi connectivity index (χ2n) is 5.45. The van der Waals surface area contributed by atoms with Crippen LogP contribution in [0.5, 0.6) is 0 Å². The molecule has 1 saturated heterocycles. The Kier molecular flexibility index (Phi) is 6.18. The molecule has 1 aliphatic heterocycles. The minimum absolute atomic E-state index is 0.106. The maximum atomic E-state index is 12.5. The van der Waals surface area contributed by atoms with Crippen LogP contribution in [0.4, 0.5) is 14.5 Å². The number of aliphatic carboxylic acids is 1. The van der Waals surface area contributed by atoms with E-state index in [0.717, 1.165) is 0 Å². The van der Waals surface area contributed by atoms with Gasteiger partial charge in [-0.1, -0.05) is 23.2 Å². The molecule has 1 aliphatic rings. The fourth-order valence-corrected chi connectivity index (χ4v) is 2.91.